The third kappa shape index (κ3) is 4.70. The summed E-state index contributed by atoms with van der Waals surface area (Å²) in [4.78, 5) is 29.6. The van der Waals surface area contributed by atoms with E-state index in [1.54, 1.807) is 36.5 Å². The molecule has 0 radical (unpaired) electrons. The molecule has 0 saturated carbocycles. The number of hydrogen-bond acceptors (Lipinski definition) is 4. The van der Waals surface area contributed by atoms with E-state index in [2.05, 4.69) is 15.6 Å². The van der Waals surface area contributed by atoms with Gasteiger partial charge in [0.25, 0.3) is 5.91 Å². The molecule has 0 unspecified atom stereocenters. The molecule has 7 heteroatoms. The van der Waals surface area contributed by atoms with Crippen molar-refractivity contribution in [1.82, 2.24) is 20.5 Å². The standard InChI is InChI=1S/C15H22N4O3/c1-22-11-8-17-15(21)19-9-4-13(5-10-19)18-14(20)12-2-6-16-7-3-12/h2-3,6-7,13H,4-5,8-11H2,1H3,(H,17,21)(H,18,20). The van der Waals surface area contributed by atoms with Crippen LogP contribution in [0, 0.1) is 0 Å². The summed E-state index contributed by atoms with van der Waals surface area (Å²) in [5.41, 5.74) is 0.606. The number of piperidine rings is 1. The van der Waals surface area contributed by atoms with Crippen molar-refractivity contribution in [2.24, 2.45) is 0 Å². The molecule has 0 bridgehead atoms. The van der Waals surface area contributed by atoms with Crippen molar-refractivity contribution in [1.29, 1.82) is 0 Å². The zero-order valence-electron chi connectivity index (χ0n) is 12.7. The lowest BCUT2D eigenvalue weighted by Gasteiger charge is -2.32. The summed E-state index contributed by atoms with van der Waals surface area (Å²) in [5.74, 6) is -0.0922. The van der Waals surface area contributed by atoms with Crippen LogP contribution in [-0.4, -0.2) is 61.2 Å². The number of nitrogens with zero attached hydrogens (tertiary/aromatic N) is 2. The predicted molar refractivity (Wildman–Crippen MR) is 81.6 cm³/mol. The van der Waals surface area contributed by atoms with E-state index in [9.17, 15) is 9.59 Å². The first-order chi connectivity index (χ1) is 10.7. The Bertz CT molecular complexity index is 487. The van der Waals surface area contributed by atoms with Crippen LogP contribution < -0.4 is 10.6 Å². The van der Waals surface area contributed by atoms with Gasteiger partial charge in [0, 0.05) is 50.7 Å². The second-order valence-corrected chi connectivity index (χ2v) is 5.20. The number of likely N-dealkylation sites (tertiary alicyclic amines) is 1. The first kappa shape index (κ1) is 16.2. The second-order valence-electron chi connectivity index (χ2n) is 5.20. The van der Waals surface area contributed by atoms with Crippen LogP contribution in [0.3, 0.4) is 0 Å². The van der Waals surface area contributed by atoms with Crippen molar-refractivity contribution in [2.45, 2.75) is 18.9 Å². The summed E-state index contributed by atoms with van der Waals surface area (Å²) in [6.45, 7) is 2.29. The van der Waals surface area contributed by atoms with Gasteiger partial charge in [-0.25, -0.2) is 4.79 Å². The van der Waals surface area contributed by atoms with Gasteiger partial charge in [-0.2, -0.15) is 0 Å². The summed E-state index contributed by atoms with van der Waals surface area (Å²) in [6.07, 6.45) is 4.72. The fraction of sp³-hybridized carbons (Fsp3) is 0.533. The Morgan fingerprint density at radius 3 is 2.64 bits per heavy atom. The van der Waals surface area contributed by atoms with Gasteiger partial charge >= 0.3 is 6.03 Å². The third-order valence-corrected chi connectivity index (χ3v) is 3.64. The Hall–Kier alpha value is -2.15. The van der Waals surface area contributed by atoms with Crippen molar-refractivity contribution >= 4 is 11.9 Å². The van der Waals surface area contributed by atoms with E-state index in [1.165, 1.54) is 0 Å². The van der Waals surface area contributed by atoms with Crippen molar-refractivity contribution < 1.29 is 14.3 Å². The summed E-state index contributed by atoms with van der Waals surface area (Å²) in [6, 6.07) is 3.40. The lowest BCUT2D eigenvalue weighted by Crippen LogP contribution is -2.49. The van der Waals surface area contributed by atoms with E-state index in [1.807, 2.05) is 0 Å². The van der Waals surface area contributed by atoms with Gasteiger partial charge in [-0.05, 0) is 25.0 Å². The Morgan fingerprint density at radius 1 is 1.32 bits per heavy atom. The molecule has 1 aliphatic heterocycles. The quantitative estimate of drug-likeness (QED) is 0.782. The van der Waals surface area contributed by atoms with Crippen molar-refractivity contribution in [3.63, 3.8) is 0 Å². The van der Waals surface area contributed by atoms with Crippen molar-refractivity contribution in [3.05, 3.63) is 30.1 Å². The Labute approximate surface area is 130 Å². The van der Waals surface area contributed by atoms with E-state index in [0.29, 0.717) is 31.8 Å². The number of ether oxygens (including phenoxy) is 1. The van der Waals surface area contributed by atoms with E-state index < -0.39 is 0 Å². The molecule has 1 saturated heterocycles. The van der Waals surface area contributed by atoms with Gasteiger partial charge < -0.3 is 20.3 Å². The van der Waals surface area contributed by atoms with Crippen LogP contribution >= 0.6 is 0 Å². The van der Waals surface area contributed by atoms with E-state index in [4.69, 9.17) is 4.74 Å². The molecule has 2 rings (SSSR count). The molecule has 0 aromatic carbocycles. The molecule has 1 fully saturated rings. The predicted octanol–water partition coefficient (Wildman–Crippen LogP) is 0.632. The number of nitrogens with one attached hydrogen (secondary N) is 2. The summed E-state index contributed by atoms with van der Waals surface area (Å²) >= 11 is 0. The zero-order valence-corrected chi connectivity index (χ0v) is 12.7. The van der Waals surface area contributed by atoms with Crippen LogP contribution in [0.2, 0.25) is 0 Å². The molecular formula is C15H22N4O3. The first-order valence-corrected chi connectivity index (χ1v) is 7.43. The number of amides is 3. The van der Waals surface area contributed by atoms with Gasteiger partial charge in [0.05, 0.1) is 6.61 Å². The molecule has 7 nitrogen and oxygen atoms in total. The fourth-order valence-corrected chi connectivity index (χ4v) is 2.37. The van der Waals surface area contributed by atoms with E-state index >= 15 is 0 Å². The van der Waals surface area contributed by atoms with Crippen LogP contribution in [0.25, 0.3) is 0 Å². The Kier molecular flexibility index (Phi) is 6.14. The number of carbonyl (C=O) groups is 2. The Morgan fingerprint density at radius 2 is 2.00 bits per heavy atom. The molecule has 3 amide bonds. The number of hydrogen-bond donors (Lipinski definition) is 2. The highest BCUT2D eigenvalue weighted by molar-refractivity contribution is 5.94. The van der Waals surface area contributed by atoms with Gasteiger partial charge in [0.15, 0.2) is 0 Å². The third-order valence-electron chi connectivity index (χ3n) is 3.64. The molecule has 0 aliphatic carbocycles. The molecule has 0 atom stereocenters. The fourth-order valence-electron chi connectivity index (χ4n) is 2.37. The second kappa shape index (κ2) is 8.33. The van der Waals surface area contributed by atoms with Crippen LogP contribution in [-0.2, 0) is 4.74 Å². The van der Waals surface area contributed by atoms with Gasteiger partial charge in [-0.15, -0.1) is 0 Å². The summed E-state index contributed by atoms with van der Waals surface area (Å²) < 4.78 is 4.90. The molecule has 2 heterocycles. The highest BCUT2D eigenvalue weighted by Gasteiger charge is 2.23. The number of rotatable bonds is 5. The number of pyridine rings is 1. The topological polar surface area (TPSA) is 83.6 Å². The maximum atomic E-state index is 12.1. The largest absolute Gasteiger partial charge is 0.383 e. The van der Waals surface area contributed by atoms with Crippen LogP contribution in [0.1, 0.15) is 23.2 Å². The minimum absolute atomic E-state index is 0.0732. The number of aromatic nitrogens is 1. The molecule has 120 valence electrons. The van der Waals surface area contributed by atoms with Gasteiger partial charge in [0.2, 0.25) is 0 Å². The normalized spacial score (nSPS) is 15.4. The maximum absolute atomic E-state index is 12.1. The monoisotopic (exact) mass is 306 g/mol. The molecule has 22 heavy (non-hydrogen) atoms. The average Bonchev–Trinajstić information content (AvgIpc) is 2.56. The van der Waals surface area contributed by atoms with E-state index in [-0.39, 0.29) is 18.0 Å². The van der Waals surface area contributed by atoms with Gasteiger partial charge in [-0.3, -0.25) is 9.78 Å². The van der Waals surface area contributed by atoms with Crippen molar-refractivity contribution in [3.8, 4) is 0 Å². The molecule has 2 N–H and O–H groups in total. The maximum Gasteiger partial charge on any atom is 0.317 e. The highest BCUT2D eigenvalue weighted by atomic mass is 16.5. The first-order valence-electron chi connectivity index (χ1n) is 7.43. The van der Waals surface area contributed by atoms with Crippen LogP contribution in [0.5, 0.6) is 0 Å². The lowest BCUT2D eigenvalue weighted by molar-refractivity contribution is 0.0917. The van der Waals surface area contributed by atoms with Crippen molar-refractivity contribution in [2.75, 3.05) is 33.4 Å². The summed E-state index contributed by atoms with van der Waals surface area (Å²) in [5, 5.41) is 5.80. The molecular weight excluding hydrogens is 284 g/mol. The van der Waals surface area contributed by atoms with Gasteiger partial charge in [0.1, 0.15) is 0 Å². The zero-order chi connectivity index (χ0) is 15.8. The molecule has 1 aliphatic rings. The van der Waals surface area contributed by atoms with E-state index in [0.717, 1.165) is 12.8 Å². The SMILES string of the molecule is COCCNC(=O)N1CCC(NC(=O)c2ccncc2)CC1. The van der Waals surface area contributed by atoms with Crippen LogP contribution in [0.15, 0.2) is 24.5 Å². The smallest absolute Gasteiger partial charge is 0.317 e. The Balaban J connectivity index is 1.73. The summed E-state index contributed by atoms with van der Waals surface area (Å²) in [7, 11) is 1.60. The average molecular weight is 306 g/mol. The molecule has 1 aromatic rings. The number of carbonyl (C=O) groups excluding carboxylic acids is 2. The highest BCUT2D eigenvalue weighted by Crippen LogP contribution is 2.11. The molecule has 1 aromatic heterocycles. The van der Waals surface area contributed by atoms with Crippen LogP contribution in [0.4, 0.5) is 4.79 Å². The number of urea groups is 1. The lowest BCUT2D eigenvalue weighted by atomic mass is 10.0. The number of methoxy groups -OCH3 is 1. The molecule has 0 spiro atoms. The van der Waals surface area contributed by atoms with Gasteiger partial charge in [-0.1, -0.05) is 0 Å². The minimum atomic E-state index is -0.0922. The minimum Gasteiger partial charge on any atom is -0.383 e.